The molecule has 10 heteroatoms. The first-order valence-electron chi connectivity index (χ1n) is 8.27. The summed E-state index contributed by atoms with van der Waals surface area (Å²) >= 11 is 0. The summed E-state index contributed by atoms with van der Waals surface area (Å²) in [7, 11) is 5.87. The number of nitrogens with zero attached hydrogens (tertiary/aromatic N) is 2. The minimum absolute atomic E-state index is 0.0742. The van der Waals surface area contributed by atoms with Crippen molar-refractivity contribution in [3.8, 4) is 23.1 Å². The Bertz CT molecular complexity index is 825. The molecule has 0 aliphatic rings. The van der Waals surface area contributed by atoms with Crippen LogP contribution in [0.25, 0.3) is 0 Å². The van der Waals surface area contributed by atoms with Crippen LogP contribution in [0.5, 0.6) is 23.1 Å². The first kappa shape index (κ1) is 21.2. The van der Waals surface area contributed by atoms with E-state index in [-0.39, 0.29) is 24.5 Å². The summed E-state index contributed by atoms with van der Waals surface area (Å²) in [6, 6.07) is 5.24. The van der Waals surface area contributed by atoms with E-state index in [1.165, 1.54) is 28.4 Å². The second-order valence-corrected chi connectivity index (χ2v) is 5.60. The predicted octanol–water partition coefficient (Wildman–Crippen LogP) is 0.996. The van der Waals surface area contributed by atoms with Gasteiger partial charge in [-0.1, -0.05) is 12.1 Å². The predicted molar refractivity (Wildman–Crippen MR) is 97.6 cm³/mol. The molecular weight excluding hydrogens is 370 g/mol. The molecule has 3 N–H and O–H groups in total. The average molecular weight is 393 g/mol. The van der Waals surface area contributed by atoms with Crippen LogP contribution in [-0.4, -0.2) is 60.8 Å². The average Bonchev–Trinajstić information content (AvgIpc) is 2.71. The van der Waals surface area contributed by atoms with Crippen molar-refractivity contribution in [1.29, 1.82) is 0 Å². The molecule has 28 heavy (non-hydrogen) atoms. The normalized spacial score (nSPS) is 10.8. The molecule has 0 fully saturated rings. The molecule has 0 atom stereocenters. The Kier molecular flexibility index (Phi) is 7.36. The summed E-state index contributed by atoms with van der Waals surface area (Å²) in [5.41, 5.74) is 0.294. The lowest BCUT2D eigenvalue weighted by molar-refractivity contribution is -0.101. The van der Waals surface area contributed by atoms with Crippen LogP contribution in [0.2, 0.25) is 0 Å². The number of nitrogens with one attached hydrogen (secondary N) is 1. The zero-order valence-electron chi connectivity index (χ0n) is 16.1. The van der Waals surface area contributed by atoms with Crippen LogP contribution >= 0.6 is 0 Å². The molecule has 2 rings (SSSR count). The van der Waals surface area contributed by atoms with E-state index in [1.54, 1.807) is 18.2 Å². The summed E-state index contributed by atoms with van der Waals surface area (Å²) in [6.07, 6.45) is -0.592. The molecule has 0 spiro atoms. The van der Waals surface area contributed by atoms with E-state index in [1.807, 2.05) is 0 Å². The molecule has 1 amide bonds. The number of carbonyl (C=O) groups excluding carboxylic acids is 1. The van der Waals surface area contributed by atoms with Crippen molar-refractivity contribution >= 4 is 5.91 Å². The Labute approximate surface area is 162 Å². The van der Waals surface area contributed by atoms with E-state index in [4.69, 9.17) is 18.9 Å². The Morgan fingerprint density at radius 2 is 1.82 bits per heavy atom. The van der Waals surface area contributed by atoms with Gasteiger partial charge in [0.25, 0.3) is 11.8 Å². The van der Waals surface area contributed by atoms with Gasteiger partial charge in [0.05, 0.1) is 20.6 Å². The van der Waals surface area contributed by atoms with Crippen molar-refractivity contribution in [2.75, 3.05) is 28.4 Å². The largest absolute Gasteiger partial charge is 0.501 e. The van der Waals surface area contributed by atoms with Crippen molar-refractivity contribution in [1.82, 2.24) is 15.3 Å². The number of methoxy groups -OCH3 is 4. The van der Waals surface area contributed by atoms with Crippen molar-refractivity contribution in [2.45, 2.75) is 19.3 Å². The van der Waals surface area contributed by atoms with Crippen LogP contribution in [-0.2, 0) is 22.4 Å². The number of hydrogen-bond donors (Lipinski definition) is 3. The maximum absolute atomic E-state index is 12.5. The Balaban J connectivity index is 2.21. The molecule has 0 saturated heterocycles. The maximum atomic E-state index is 12.5. The van der Waals surface area contributed by atoms with Gasteiger partial charge in [-0.15, -0.1) is 0 Å². The van der Waals surface area contributed by atoms with Crippen molar-refractivity contribution in [3.05, 3.63) is 35.3 Å². The fourth-order valence-electron chi connectivity index (χ4n) is 2.50. The first-order valence-corrected chi connectivity index (χ1v) is 8.27. The van der Waals surface area contributed by atoms with E-state index in [2.05, 4.69) is 15.3 Å². The SMILES string of the molecule is COc1cccc(CNC(=O)c2nc(CC(OC)OC)nc(O)c2O)c1OC. The van der Waals surface area contributed by atoms with Crippen molar-refractivity contribution in [2.24, 2.45) is 0 Å². The monoisotopic (exact) mass is 393 g/mol. The lowest BCUT2D eigenvalue weighted by Gasteiger charge is -2.14. The molecule has 0 aliphatic carbocycles. The standard InChI is InChI=1S/C18H23N3O7/c1-25-11-7-5-6-10(16(11)28-4)9-19-17(23)14-15(22)18(24)21-12(20-14)8-13(26-2)27-3/h5-7,13,22H,8-9H2,1-4H3,(H,19,23)(H,20,21,24). The third-order valence-electron chi connectivity index (χ3n) is 3.93. The number of ether oxygens (including phenoxy) is 4. The minimum atomic E-state index is -0.717. The van der Waals surface area contributed by atoms with Gasteiger partial charge in [-0.25, -0.2) is 4.98 Å². The summed E-state index contributed by atoms with van der Waals surface area (Å²) in [6.45, 7) is 0.0809. The molecule has 0 aliphatic heterocycles. The Morgan fingerprint density at radius 1 is 1.11 bits per heavy atom. The number of carbonyl (C=O) groups is 1. The number of rotatable bonds is 9. The highest BCUT2D eigenvalue weighted by molar-refractivity contribution is 5.95. The molecule has 1 aromatic carbocycles. The van der Waals surface area contributed by atoms with E-state index in [9.17, 15) is 15.0 Å². The van der Waals surface area contributed by atoms with E-state index in [0.29, 0.717) is 17.1 Å². The van der Waals surface area contributed by atoms with Gasteiger partial charge < -0.3 is 34.5 Å². The van der Waals surface area contributed by atoms with Crippen LogP contribution in [0.1, 0.15) is 21.9 Å². The number of benzene rings is 1. The van der Waals surface area contributed by atoms with Crippen molar-refractivity contribution < 1.29 is 34.0 Å². The second kappa shape index (κ2) is 9.72. The molecule has 0 bridgehead atoms. The van der Waals surface area contributed by atoms with E-state index < -0.39 is 23.8 Å². The third kappa shape index (κ3) is 4.78. The smallest absolute Gasteiger partial charge is 0.274 e. The van der Waals surface area contributed by atoms with Gasteiger partial charge in [0.2, 0.25) is 5.75 Å². The van der Waals surface area contributed by atoms with Crippen molar-refractivity contribution in [3.63, 3.8) is 0 Å². The van der Waals surface area contributed by atoms with Crippen LogP contribution in [0.3, 0.4) is 0 Å². The maximum Gasteiger partial charge on any atom is 0.274 e. The quantitative estimate of drug-likeness (QED) is 0.534. The first-order chi connectivity index (χ1) is 13.4. The topological polar surface area (TPSA) is 132 Å². The van der Waals surface area contributed by atoms with E-state index >= 15 is 0 Å². The van der Waals surface area contributed by atoms with Gasteiger partial charge >= 0.3 is 0 Å². The number of amides is 1. The van der Waals surface area contributed by atoms with Gasteiger partial charge in [-0.05, 0) is 6.07 Å². The summed E-state index contributed by atoms with van der Waals surface area (Å²) in [5, 5.41) is 22.4. The summed E-state index contributed by atoms with van der Waals surface area (Å²) in [4.78, 5) is 20.3. The molecule has 1 heterocycles. The second-order valence-electron chi connectivity index (χ2n) is 5.60. The molecule has 0 saturated carbocycles. The molecule has 152 valence electrons. The van der Waals surface area contributed by atoms with Gasteiger partial charge in [-0.3, -0.25) is 4.79 Å². The number of para-hydroxylation sites is 1. The van der Waals surface area contributed by atoms with Crippen LogP contribution in [0, 0.1) is 0 Å². The minimum Gasteiger partial charge on any atom is -0.501 e. The summed E-state index contributed by atoms with van der Waals surface area (Å²) in [5.74, 6) is -1.06. The van der Waals surface area contributed by atoms with Gasteiger partial charge in [0.1, 0.15) is 5.82 Å². The molecule has 1 aromatic heterocycles. The highest BCUT2D eigenvalue weighted by Crippen LogP contribution is 2.31. The van der Waals surface area contributed by atoms with Crippen LogP contribution < -0.4 is 14.8 Å². The number of aromatic nitrogens is 2. The lowest BCUT2D eigenvalue weighted by Crippen LogP contribution is -2.25. The third-order valence-corrected chi connectivity index (χ3v) is 3.93. The van der Waals surface area contributed by atoms with Crippen LogP contribution in [0.15, 0.2) is 18.2 Å². The Hall–Kier alpha value is -3.11. The van der Waals surface area contributed by atoms with E-state index in [0.717, 1.165) is 0 Å². The van der Waals surface area contributed by atoms with Gasteiger partial charge in [-0.2, -0.15) is 4.98 Å². The highest BCUT2D eigenvalue weighted by Gasteiger charge is 2.21. The number of hydrogen-bond acceptors (Lipinski definition) is 9. The molecule has 10 nitrogen and oxygen atoms in total. The Morgan fingerprint density at radius 3 is 2.43 bits per heavy atom. The fourth-order valence-corrected chi connectivity index (χ4v) is 2.50. The lowest BCUT2D eigenvalue weighted by atomic mass is 10.1. The molecule has 2 aromatic rings. The van der Waals surface area contributed by atoms with Gasteiger partial charge in [0, 0.05) is 26.3 Å². The fraction of sp³-hybridized carbons (Fsp3) is 0.389. The number of aromatic hydroxyl groups is 2. The zero-order valence-corrected chi connectivity index (χ0v) is 16.1. The zero-order chi connectivity index (χ0) is 20.7. The molecular formula is C18H23N3O7. The van der Waals surface area contributed by atoms with Gasteiger partial charge in [0.15, 0.2) is 23.5 Å². The molecule has 0 radical (unpaired) electrons. The molecule has 0 unspecified atom stereocenters. The highest BCUT2D eigenvalue weighted by atomic mass is 16.7. The summed E-state index contributed by atoms with van der Waals surface area (Å²) < 4.78 is 20.6. The van der Waals surface area contributed by atoms with Crippen LogP contribution in [0.4, 0.5) is 0 Å².